The van der Waals surface area contributed by atoms with Crippen molar-refractivity contribution in [1.82, 2.24) is 15.3 Å². The number of nitrogens with zero attached hydrogens (tertiary/aromatic N) is 2. The molecule has 0 radical (unpaired) electrons. The van der Waals surface area contributed by atoms with Gasteiger partial charge in [0.1, 0.15) is 11.6 Å². The van der Waals surface area contributed by atoms with E-state index < -0.39 is 12.1 Å². The zero-order valence-electron chi connectivity index (χ0n) is 12.6. The van der Waals surface area contributed by atoms with Gasteiger partial charge in [-0.1, -0.05) is 0 Å². The number of nitrogens with one attached hydrogen (secondary N) is 2. The van der Waals surface area contributed by atoms with Crippen LogP contribution in [-0.4, -0.2) is 35.8 Å². The van der Waals surface area contributed by atoms with Gasteiger partial charge in [0.25, 0.3) is 0 Å². The molecule has 7 heteroatoms. The van der Waals surface area contributed by atoms with Crippen molar-refractivity contribution < 1.29 is 13.2 Å². The number of aryl methyl sites for hydroxylation is 1. The van der Waals surface area contributed by atoms with E-state index in [1.165, 1.54) is 0 Å². The summed E-state index contributed by atoms with van der Waals surface area (Å²) in [6, 6.07) is 0. The molecule has 1 aromatic heterocycles. The fourth-order valence-corrected chi connectivity index (χ4v) is 3.16. The van der Waals surface area contributed by atoms with Gasteiger partial charge in [-0.2, -0.15) is 13.2 Å². The topological polar surface area (TPSA) is 49.8 Å². The lowest BCUT2D eigenvalue weighted by Crippen LogP contribution is -2.16. The number of rotatable bonds is 4. The summed E-state index contributed by atoms with van der Waals surface area (Å²) < 4.78 is 37.5. The summed E-state index contributed by atoms with van der Waals surface area (Å²) in [5, 5.41) is 6.57. The van der Waals surface area contributed by atoms with Gasteiger partial charge in [0.15, 0.2) is 0 Å². The van der Waals surface area contributed by atoms with Gasteiger partial charge in [-0.3, -0.25) is 0 Å². The van der Waals surface area contributed by atoms with Gasteiger partial charge in [-0.15, -0.1) is 0 Å². The van der Waals surface area contributed by atoms with E-state index >= 15 is 0 Å². The molecule has 0 amide bonds. The molecule has 1 saturated carbocycles. The maximum atomic E-state index is 12.5. The molecule has 0 unspecified atom stereocenters. The maximum absolute atomic E-state index is 12.5. The summed E-state index contributed by atoms with van der Waals surface area (Å²) in [4.78, 5) is 8.94. The lowest BCUT2D eigenvalue weighted by Gasteiger charge is -2.13. The molecule has 2 N–H and O–H groups in total. The molecule has 2 atom stereocenters. The first-order valence-electron chi connectivity index (χ1n) is 7.83. The molecule has 3 rings (SSSR count). The quantitative estimate of drug-likeness (QED) is 0.896. The van der Waals surface area contributed by atoms with Crippen molar-refractivity contribution in [3.8, 4) is 0 Å². The van der Waals surface area contributed by atoms with Gasteiger partial charge in [0.05, 0.1) is 11.6 Å². The van der Waals surface area contributed by atoms with Gasteiger partial charge in [0.2, 0.25) is 0 Å². The average molecular weight is 314 g/mol. The minimum atomic E-state index is -4.03. The molecular formula is C15H21F3N4. The Bertz CT molecular complexity index is 544. The van der Waals surface area contributed by atoms with Crippen LogP contribution in [0.2, 0.25) is 0 Å². The Balaban J connectivity index is 1.60. The number of alkyl halides is 3. The second kappa shape index (κ2) is 6.02. The van der Waals surface area contributed by atoms with Crippen molar-refractivity contribution in [1.29, 1.82) is 0 Å². The van der Waals surface area contributed by atoms with Crippen molar-refractivity contribution in [3.05, 3.63) is 17.1 Å². The highest BCUT2D eigenvalue weighted by Crippen LogP contribution is 2.51. The van der Waals surface area contributed by atoms with Crippen LogP contribution in [0.15, 0.2) is 0 Å². The van der Waals surface area contributed by atoms with E-state index in [0.29, 0.717) is 18.8 Å². The monoisotopic (exact) mass is 314 g/mol. The van der Waals surface area contributed by atoms with Crippen molar-refractivity contribution >= 4 is 5.82 Å². The summed E-state index contributed by atoms with van der Waals surface area (Å²) in [6.45, 7) is 4.17. The Hall–Kier alpha value is -1.37. The molecule has 1 fully saturated rings. The summed E-state index contributed by atoms with van der Waals surface area (Å²) >= 11 is 0. The fraction of sp³-hybridized carbons (Fsp3) is 0.733. The zero-order valence-corrected chi connectivity index (χ0v) is 12.6. The summed E-state index contributed by atoms with van der Waals surface area (Å²) in [5.41, 5.74) is 2.17. The number of halogens is 3. The van der Waals surface area contributed by atoms with E-state index in [4.69, 9.17) is 0 Å². The third-order valence-corrected chi connectivity index (χ3v) is 4.45. The van der Waals surface area contributed by atoms with Crippen LogP contribution in [0.4, 0.5) is 19.0 Å². The fourth-order valence-electron chi connectivity index (χ4n) is 3.16. The first kappa shape index (κ1) is 15.5. The first-order valence-corrected chi connectivity index (χ1v) is 7.83. The second-order valence-electron chi connectivity index (χ2n) is 6.15. The molecule has 2 heterocycles. The third kappa shape index (κ3) is 3.51. The molecular weight excluding hydrogens is 293 g/mol. The minimum Gasteiger partial charge on any atom is -0.370 e. The molecule has 122 valence electrons. The second-order valence-corrected chi connectivity index (χ2v) is 6.15. The van der Waals surface area contributed by atoms with E-state index in [-0.39, 0.29) is 12.3 Å². The van der Waals surface area contributed by atoms with Crippen LogP contribution in [0.1, 0.15) is 29.9 Å². The first-order chi connectivity index (χ1) is 10.4. The van der Waals surface area contributed by atoms with Gasteiger partial charge < -0.3 is 10.6 Å². The van der Waals surface area contributed by atoms with Crippen molar-refractivity contribution in [2.24, 2.45) is 11.8 Å². The molecule has 0 bridgehead atoms. The molecule has 0 spiro atoms. The van der Waals surface area contributed by atoms with E-state index in [9.17, 15) is 13.2 Å². The number of anilines is 1. The molecule has 1 aliphatic heterocycles. The lowest BCUT2D eigenvalue weighted by molar-refractivity contribution is -0.151. The summed E-state index contributed by atoms with van der Waals surface area (Å²) in [6.07, 6.45) is -1.49. The smallest absolute Gasteiger partial charge is 0.370 e. The molecule has 0 aromatic carbocycles. The molecule has 1 aromatic rings. The molecule has 2 aliphatic rings. The predicted octanol–water partition coefficient (Wildman–Crippen LogP) is 2.47. The minimum absolute atomic E-state index is 0.226. The number of fused-ring (bicyclic) bond motifs is 1. The number of hydrogen-bond donors (Lipinski definition) is 2. The zero-order chi connectivity index (χ0) is 15.7. The summed E-state index contributed by atoms with van der Waals surface area (Å²) in [7, 11) is 0. The molecule has 1 aliphatic carbocycles. The number of aromatic nitrogens is 2. The highest BCUT2D eigenvalue weighted by atomic mass is 19.4. The third-order valence-electron chi connectivity index (χ3n) is 4.45. The maximum Gasteiger partial charge on any atom is 0.392 e. The van der Waals surface area contributed by atoms with Crippen LogP contribution < -0.4 is 10.6 Å². The molecule has 0 saturated heterocycles. The highest BCUT2D eigenvalue weighted by molar-refractivity contribution is 5.47. The number of hydrogen-bond acceptors (Lipinski definition) is 4. The Kier molecular flexibility index (Phi) is 4.25. The Morgan fingerprint density at radius 2 is 2.00 bits per heavy atom. The Morgan fingerprint density at radius 1 is 1.23 bits per heavy atom. The van der Waals surface area contributed by atoms with Crippen molar-refractivity contribution in [2.45, 2.75) is 38.8 Å². The van der Waals surface area contributed by atoms with Crippen molar-refractivity contribution in [3.63, 3.8) is 0 Å². The van der Waals surface area contributed by atoms with Gasteiger partial charge in [0, 0.05) is 25.1 Å². The molecule has 4 nitrogen and oxygen atoms in total. The average Bonchev–Trinajstić information content (AvgIpc) is 3.20. The van der Waals surface area contributed by atoms with Gasteiger partial charge in [-0.05, 0) is 38.6 Å². The molecule has 22 heavy (non-hydrogen) atoms. The lowest BCUT2D eigenvalue weighted by atomic mass is 10.1. The standard InChI is InChI=1S/C15H21F3N4/c1-9-21-13-4-6-19-5-3-11(13)14(22-9)20-7-2-10-8-12(10)15(16,17)18/h10,12,19H,2-8H2,1H3,(H,20,21,22)/t10-,12-/m1/s1. The predicted molar refractivity (Wildman–Crippen MR) is 77.8 cm³/mol. The van der Waals surface area contributed by atoms with Crippen LogP contribution in [0, 0.1) is 18.8 Å². The van der Waals surface area contributed by atoms with E-state index in [2.05, 4.69) is 20.6 Å². The van der Waals surface area contributed by atoms with Crippen molar-refractivity contribution in [2.75, 3.05) is 25.0 Å². The van der Waals surface area contributed by atoms with Gasteiger partial charge >= 0.3 is 6.18 Å². The highest BCUT2D eigenvalue weighted by Gasteiger charge is 2.54. The van der Waals surface area contributed by atoms with Crippen LogP contribution in [0.5, 0.6) is 0 Å². The van der Waals surface area contributed by atoms with Crippen LogP contribution in [0.3, 0.4) is 0 Å². The largest absolute Gasteiger partial charge is 0.392 e. The van der Waals surface area contributed by atoms with E-state index in [0.717, 1.165) is 43.0 Å². The van der Waals surface area contributed by atoms with E-state index in [1.807, 2.05) is 6.92 Å². The SMILES string of the molecule is Cc1nc2c(c(NCC[C@@H]3C[C@H]3C(F)(F)F)n1)CCNCC2. The normalized spacial score (nSPS) is 24.5. The van der Waals surface area contributed by atoms with Crippen LogP contribution >= 0.6 is 0 Å². The van der Waals surface area contributed by atoms with Gasteiger partial charge in [-0.25, -0.2) is 9.97 Å². The van der Waals surface area contributed by atoms with Crippen LogP contribution in [0.25, 0.3) is 0 Å². The summed E-state index contributed by atoms with van der Waals surface area (Å²) in [5.74, 6) is 0.191. The Morgan fingerprint density at radius 3 is 2.73 bits per heavy atom. The van der Waals surface area contributed by atoms with Crippen LogP contribution in [-0.2, 0) is 12.8 Å². The Labute approximate surface area is 127 Å². The van der Waals surface area contributed by atoms with E-state index in [1.54, 1.807) is 0 Å².